The molecule has 1 fully saturated rings. The van der Waals surface area contributed by atoms with Crippen LogP contribution in [-0.2, 0) is 20.8 Å². The lowest BCUT2D eigenvalue weighted by Crippen LogP contribution is -2.63. The van der Waals surface area contributed by atoms with E-state index in [1.54, 1.807) is 0 Å². The normalized spacial score (nSPS) is 17.4. The number of carbonyl (C=O) groups excluding carboxylic acids is 1. The molecule has 0 heterocycles. The number of carboxylic acids is 2. The van der Waals surface area contributed by atoms with Crippen LogP contribution in [0.2, 0.25) is 0 Å². The van der Waals surface area contributed by atoms with Crippen molar-refractivity contribution in [2.75, 3.05) is 6.54 Å². The van der Waals surface area contributed by atoms with Gasteiger partial charge in [0.05, 0.1) is 5.54 Å². The fraction of sp³-hybridized carbons (Fsp3) is 0.500. The lowest BCUT2D eigenvalue weighted by molar-refractivity contribution is -0.143. The maximum absolute atomic E-state index is 12.6. The summed E-state index contributed by atoms with van der Waals surface area (Å²) in [5, 5.41) is 23.8. The number of aliphatic carboxylic acids is 2. The molecule has 0 bridgehead atoms. The molecule has 136 valence electrons. The lowest BCUT2D eigenvalue weighted by Gasteiger charge is -2.38. The van der Waals surface area contributed by atoms with Crippen molar-refractivity contribution in [3.05, 3.63) is 35.9 Å². The Bertz CT molecular complexity index is 611. The third-order valence-electron chi connectivity index (χ3n) is 4.57. The number of hydrogen-bond acceptors (Lipinski definition) is 4. The van der Waals surface area contributed by atoms with Crippen LogP contribution < -0.4 is 10.6 Å². The Kier molecular flexibility index (Phi) is 6.52. The Balaban J connectivity index is 2.16. The van der Waals surface area contributed by atoms with Crippen molar-refractivity contribution in [1.82, 2.24) is 10.6 Å². The first kappa shape index (κ1) is 18.9. The summed E-state index contributed by atoms with van der Waals surface area (Å²) in [5.74, 6) is -2.59. The molecule has 1 aromatic carbocycles. The van der Waals surface area contributed by atoms with Gasteiger partial charge in [-0.2, -0.15) is 0 Å². The molecule has 1 atom stereocenters. The van der Waals surface area contributed by atoms with Gasteiger partial charge >= 0.3 is 11.9 Å². The predicted molar refractivity (Wildman–Crippen MR) is 91.2 cm³/mol. The summed E-state index contributed by atoms with van der Waals surface area (Å²) in [6.07, 6.45) is 3.82. The Labute approximate surface area is 146 Å². The van der Waals surface area contributed by atoms with E-state index in [4.69, 9.17) is 5.11 Å². The molecule has 0 spiro atoms. The molecular formula is C18H24N2O5. The predicted octanol–water partition coefficient (Wildman–Crippen LogP) is 1.18. The molecule has 0 unspecified atom stereocenters. The summed E-state index contributed by atoms with van der Waals surface area (Å²) in [7, 11) is 0. The van der Waals surface area contributed by atoms with Crippen LogP contribution in [0.1, 0.15) is 37.7 Å². The van der Waals surface area contributed by atoms with Gasteiger partial charge in [-0.1, -0.05) is 49.6 Å². The first-order valence-corrected chi connectivity index (χ1v) is 8.47. The van der Waals surface area contributed by atoms with E-state index in [2.05, 4.69) is 10.6 Å². The second-order valence-electron chi connectivity index (χ2n) is 6.44. The number of hydrogen-bond donors (Lipinski definition) is 4. The Morgan fingerprint density at radius 3 is 2.24 bits per heavy atom. The monoisotopic (exact) mass is 348 g/mol. The zero-order valence-corrected chi connectivity index (χ0v) is 14.0. The molecule has 0 saturated heterocycles. The summed E-state index contributed by atoms with van der Waals surface area (Å²) in [6.45, 7) is -0.474. The molecule has 4 N–H and O–H groups in total. The second-order valence-corrected chi connectivity index (χ2v) is 6.44. The molecule has 7 nitrogen and oxygen atoms in total. The molecule has 1 amide bonds. The van der Waals surface area contributed by atoms with Gasteiger partial charge in [-0.05, 0) is 24.8 Å². The van der Waals surface area contributed by atoms with Crippen molar-refractivity contribution in [2.45, 2.75) is 50.1 Å². The van der Waals surface area contributed by atoms with E-state index < -0.39 is 36.0 Å². The van der Waals surface area contributed by atoms with Gasteiger partial charge in [0, 0.05) is 0 Å². The van der Waals surface area contributed by atoms with Crippen LogP contribution in [0.5, 0.6) is 0 Å². The number of benzene rings is 1. The van der Waals surface area contributed by atoms with Crippen LogP contribution >= 0.6 is 0 Å². The van der Waals surface area contributed by atoms with Gasteiger partial charge in [-0.3, -0.25) is 19.7 Å². The number of carbonyl (C=O) groups is 3. The van der Waals surface area contributed by atoms with E-state index in [0.717, 1.165) is 24.8 Å². The highest BCUT2D eigenvalue weighted by molar-refractivity contribution is 5.89. The Morgan fingerprint density at radius 1 is 1.04 bits per heavy atom. The second kappa shape index (κ2) is 8.62. The van der Waals surface area contributed by atoms with E-state index in [1.165, 1.54) is 0 Å². The number of nitrogens with one attached hydrogen (secondary N) is 2. The van der Waals surface area contributed by atoms with Crippen molar-refractivity contribution in [2.24, 2.45) is 0 Å². The third kappa shape index (κ3) is 5.29. The van der Waals surface area contributed by atoms with Crippen LogP contribution in [0.15, 0.2) is 30.3 Å². The molecule has 0 radical (unpaired) electrons. The summed E-state index contributed by atoms with van der Waals surface area (Å²) in [6, 6.07) is 8.30. The molecule has 1 saturated carbocycles. The SMILES string of the molecule is O=C(O)CNC(=O)C1(N[C@@H](Cc2ccccc2)C(=O)O)CCCCC1. The smallest absolute Gasteiger partial charge is 0.322 e. The first-order chi connectivity index (χ1) is 11.9. The number of rotatable bonds is 8. The number of carboxylic acid groups (broad SMARTS) is 2. The van der Waals surface area contributed by atoms with E-state index in [9.17, 15) is 19.5 Å². The van der Waals surface area contributed by atoms with Gasteiger partial charge < -0.3 is 15.5 Å². The highest BCUT2D eigenvalue weighted by atomic mass is 16.4. The summed E-state index contributed by atoms with van der Waals surface area (Å²) >= 11 is 0. The fourth-order valence-corrected chi connectivity index (χ4v) is 3.30. The lowest BCUT2D eigenvalue weighted by atomic mass is 9.80. The van der Waals surface area contributed by atoms with Crippen molar-refractivity contribution in [1.29, 1.82) is 0 Å². The van der Waals surface area contributed by atoms with Crippen LogP contribution in [0.25, 0.3) is 0 Å². The summed E-state index contributed by atoms with van der Waals surface area (Å²) in [5.41, 5.74) is -0.176. The molecule has 0 aromatic heterocycles. The van der Waals surface area contributed by atoms with Gasteiger partial charge in [0.25, 0.3) is 0 Å². The zero-order valence-electron chi connectivity index (χ0n) is 14.0. The van der Waals surface area contributed by atoms with Gasteiger partial charge in [-0.15, -0.1) is 0 Å². The quantitative estimate of drug-likeness (QED) is 0.561. The number of amides is 1. The Morgan fingerprint density at radius 2 is 1.68 bits per heavy atom. The third-order valence-corrected chi connectivity index (χ3v) is 4.57. The average Bonchev–Trinajstić information content (AvgIpc) is 2.60. The van der Waals surface area contributed by atoms with Crippen LogP contribution in [0.3, 0.4) is 0 Å². The summed E-state index contributed by atoms with van der Waals surface area (Å²) in [4.78, 5) is 35.1. The maximum atomic E-state index is 12.6. The van der Waals surface area contributed by atoms with Gasteiger partial charge in [-0.25, -0.2) is 0 Å². The Hall–Kier alpha value is -2.41. The van der Waals surface area contributed by atoms with Crippen LogP contribution in [0.4, 0.5) is 0 Å². The molecule has 1 aliphatic rings. The zero-order chi connectivity index (χ0) is 18.3. The maximum Gasteiger partial charge on any atom is 0.322 e. The molecule has 1 aliphatic carbocycles. The van der Waals surface area contributed by atoms with Crippen molar-refractivity contribution in [3.63, 3.8) is 0 Å². The minimum absolute atomic E-state index is 0.254. The largest absolute Gasteiger partial charge is 0.480 e. The van der Waals surface area contributed by atoms with Gasteiger partial charge in [0.2, 0.25) is 5.91 Å². The van der Waals surface area contributed by atoms with Crippen LogP contribution in [-0.4, -0.2) is 46.2 Å². The molecule has 7 heteroatoms. The van der Waals surface area contributed by atoms with E-state index in [1.807, 2.05) is 30.3 Å². The van der Waals surface area contributed by atoms with Crippen molar-refractivity contribution < 1.29 is 24.6 Å². The van der Waals surface area contributed by atoms with E-state index in [-0.39, 0.29) is 6.42 Å². The summed E-state index contributed by atoms with van der Waals surface area (Å²) < 4.78 is 0. The molecule has 1 aromatic rings. The highest BCUT2D eigenvalue weighted by Gasteiger charge is 2.42. The molecule has 0 aliphatic heterocycles. The molecular weight excluding hydrogens is 324 g/mol. The first-order valence-electron chi connectivity index (χ1n) is 8.47. The molecule has 2 rings (SSSR count). The average molecular weight is 348 g/mol. The topological polar surface area (TPSA) is 116 Å². The van der Waals surface area contributed by atoms with E-state index >= 15 is 0 Å². The van der Waals surface area contributed by atoms with Crippen molar-refractivity contribution >= 4 is 17.8 Å². The fourth-order valence-electron chi connectivity index (χ4n) is 3.30. The standard InChI is InChI=1S/C18H24N2O5/c21-15(22)12-19-17(25)18(9-5-2-6-10-18)20-14(16(23)24)11-13-7-3-1-4-8-13/h1,3-4,7-8,14,20H,2,5-6,9-12H2,(H,19,25)(H,21,22)(H,23,24)/t14-/m0/s1. The van der Waals surface area contributed by atoms with E-state index in [0.29, 0.717) is 12.8 Å². The van der Waals surface area contributed by atoms with Crippen molar-refractivity contribution in [3.8, 4) is 0 Å². The highest BCUT2D eigenvalue weighted by Crippen LogP contribution is 2.29. The van der Waals surface area contributed by atoms with Gasteiger partial charge in [0.15, 0.2) is 0 Å². The minimum Gasteiger partial charge on any atom is -0.480 e. The minimum atomic E-state index is -1.13. The molecule has 25 heavy (non-hydrogen) atoms. The van der Waals surface area contributed by atoms with Gasteiger partial charge in [0.1, 0.15) is 12.6 Å². The van der Waals surface area contributed by atoms with Crippen LogP contribution in [0, 0.1) is 0 Å².